The van der Waals surface area contributed by atoms with Crippen molar-refractivity contribution in [3.63, 3.8) is 0 Å². The van der Waals surface area contributed by atoms with E-state index in [9.17, 15) is 14.4 Å². The maximum Gasteiger partial charge on any atom is 0.247 e. The third kappa shape index (κ3) is 2.97. The van der Waals surface area contributed by atoms with Crippen molar-refractivity contribution in [2.24, 2.45) is 11.8 Å². The zero-order valence-corrected chi connectivity index (χ0v) is 17.7. The lowest BCUT2D eigenvalue weighted by Crippen LogP contribution is -2.46. The largest absolute Gasteiger partial charge is 0.341 e. The Morgan fingerprint density at radius 2 is 1.65 bits per heavy atom. The first-order valence-corrected chi connectivity index (χ1v) is 10.8. The number of aromatic nitrogens is 1. The van der Waals surface area contributed by atoms with E-state index in [2.05, 4.69) is 28.9 Å². The molecule has 0 radical (unpaired) electrons. The number of benzene rings is 2. The maximum atomic E-state index is 13.0. The third-order valence-corrected chi connectivity index (χ3v) is 6.66. The van der Waals surface area contributed by atoms with E-state index in [0.29, 0.717) is 18.5 Å². The lowest BCUT2D eigenvalue weighted by atomic mass is 9.85. The first kappa shape index (κ1) is 19.5. The highest BCUT2D eigenvalue weighted by atomic mass is 16.2. The quantitative estimate of drug-likeness (QED) is 0.515. The summed E-state index contributed by atoms with van der Waals surface area (Å²) < 4.78 is 2.25. The van der Waals surface area contributed by atoms with Crippen molar-refractivity contribution in [3.05, 3.63) is 54.6 Å². The van der Waals surface area contributed by atoms with E-state index in [1.54, 1.807) is 6.92 Å². The molecule has 3 aromatic rings. The van der Waals surface area contributed by atoms with E-state index in [-0.39, 0.29) is 29.6 Å². The van der Waals surface area contributed by atoms with E-state index >= 15 is 0 Å². The second-order valence-corrected chi connectivity index (χ2v) is 8.36. The van der Waals surface area contributed by atoms with E-state index in [1.165, 1.54) is 4.90 Å². The fraction of sp³-hybridized carbons (Fsp3) is 0.320. The maximum absolute atomic E-state index is 13.0. The van der Waals surface area contributed by atoms with Crippen molar-refractivity contribution in [1.29, 1.82) is 0 Å². The van der Waals surface area contributed by atoms with Gasteiger partial charge in [0.25, 0.3) is 0 Å². The molecule has 158 valence electrons. The van der Waals surface area contributed by atoms with Crippen LogP contribution in [0.15, 0.2) is 54.6 Å². The van der Waals surface area contributed by atoms with E-state index in [0.717, 1.165) is 28.4 Å². The molecule has 0 bridgehead atoms. The number of likely N-dealkylation sites (tertiary alicyclic amines) is 1. The number of nitrogens with zero attached hydrogens (tertiary/aromatic N) is 2. The minimum absolute atomic E-state index is 0.233. The molecule has 1 aromatic heterocycles. The third-order valence-electron chi connectivity index (χ3n) is 6.66. The molecule has 1 N–H and O–H groups in total. The number of nitrogens with one attached hydrogen (secondary N) is 1. The van der Waals surface area contributed by atoms with Crippen LogP contribution in [-0.2, 0) is 20.9 Å². The molecule has 31 heavy (non-hydrogen) atoms. The van der Waals surface area contributed by atoms with Crippen LogP contribution in [-0.4, -0.2) is 33.2 Å². The van der Waals surface area contributed by atoms with Crippen molar-refractivity contribution in [1.82, 2.24) is 9.47 Å². The normalized spacial score (nSPS) is 21.7. The number of para-hydroxylation sites is 1. The van der Waals surface area contributed by atoms with Crippen LogP contribution in [0.4, 0.5) is 5.69 Å². The Labute approximate surface area is 180 Å². The van der Waals surface area contributed by atoms with Gasteiger partial charge in [-0.25, -0.2) is 0 Å². The van der Waals surface area contributed by atoms with Crippen molar-refractivity contribution in [2.75, 3.05) is 5.32 Å². The monoisotopic (exact) mass is 415 g/mol. The van der Waals surface area contributed by atoms with Crippen LogP contribution in [0.2, 0.25) is 0 Å². The van der Waals surface area contributed by atoms with Gasteiger partial charge in [-0.2, -0.15) is 0 Å². The number of aryl methyl sites for hydroxylation is 1. The Bertz CT molecular complexity index is 1230. The van der Waals surface area contributed by atoms with Gasteiger partial charge in [0.1, 0.15) is 6.04 Å². The molecular weight excluding hydrogens is 390 g/mol. The average molecular weight is 415 g/mol. The van der Waals surface area contributed by atoms with E-state index < -0.39 is 6.04 Å². The summed E-state index contributed by atoms with van der Waals surface area (Å²) >= 11 is 0. The highest BCUT2D eigenvalue weighted by Crippen LogP contribution is 2.36. The number of carbonyl (C=O) groups excluding carboxylic acids is 3. The number of hydrogen-bond acceptors (Lipinski definition) is 3. The van der Waals surface area contributed by atoms with Gasteiger partial charge in [0, 0.05) is 34.0 Å². The molecule has 2 aliphatic rings. The Morgan fingerprint density at radius 1 is 1.00 bits per heavy atom. The second-order valence-electron chi connectivity index (χ2n) is 8.36. The number of imide groups is 1. The van der Waals surface area contributed by atoms with Gasteiger partial charge in [-0.1, -0.05) is 30.4 Å². The number of hydrogen-bond donors (Lipinski definition) is 1. The van der Waals surface area contributed by atoms with Gasteiger partial charge in [-0.05, 0) is 51.0 Å². The van der Waals surface area contributed by atoms with Gasteiger partial charge in [-0.3, -0.25) is 19.3 Å². The van der Waals surface area contributed by atoms with E-state index in [1.807, 2.05) is 42.5 Å². The standard InChI is InChI=1S/C25H25N3O3/c1-3-27-21-11-7-6-8-17(21)20-14-16(12-13-22(20)27)26-23(29)15(2)28-24(30)18-9-4-5-10-19(18)25(28)31/h4-8,11-15,18-19H,3,9-10H2,1-2H3,(H,26,29)/t15-,18+,19+/m1/s1. The summed E-state index contributed by atoms with van der Waals surface area (Å²) in [5.74, 6) is -1.48. The Balaban J connectivity index is 1.42. The molecule has 0 unspecified atom stereocenters. The van der Waals surface area contributed by atoms with Gasteiger partial charge < -0.3 is 9.88 Å². The average Bonchev–Trinajstić information content (AvgIpc) is 3.24. The number of fused-ring (bicyclic) bond motifs is 4. The van der Waals surface area contributed by atoms with Crippen LogP contribution in [0.5, 0.6) is 0 Å². The molecule has 1 saturated heterocycles. The highest BCUT2D eigenvalue weighted by Gasteiger charge is 2.50. The Morgan fingerprint density at radius 3 is 2.32 bits per heavy atom. The smallest absolute Gasteiger partial charge is 0.247 e. The van der Waals surface area contributed by atoms with Crippen LogP contribution in [0, 0.1) is 11.8 Å². The molecule has 1 fully saturated rings. The van der Waals surface area contributed by atoms with Crippen LogP contribution in [0.1, 0.15) is 26.7 Å². The van der Waals surface area contributed by atoms with Gasteiger partial charge in [-0.15, -0.1) is 0 Å². The molecule has 1 aliphatic carbocycles. The summed E-state index contributed by atoms with van der Waals surface area (Å²) in [4.78, 5) is 39.7. The SMILES string of the molecule is CCn1c2ccccc2c2cc(NC(=O)[C@@H](C)N3C(=O)[C@H]4CC=CC[C@@H]4C3=O)ccc21. The molecular formula is C25H25N3O3. The molecule has 0 saturated carbocycles. The summed E-state index contributed by atoms with van der Waals surface area (Å²) in [7, 11) is 0. The zero-order chi connectivity index (χ0) is 21.7. The number of anilines is 1. The molecule has 6 heteroatoms. The first-order valence-electron chi connectivity index (χ1n) is 10.8. The van der Waals surface area contributed by atoms with Crippen LogP contribution < -0.4 is 5.32 Å². The molecule has 2 aromatic carbocycles. The molecule has 5 rings (SSSR count). The van der Waals surface area contributed by atoms with Crippen molar-refractivity contribution >= 4 is 45.2 Å². The van der Waals surface area contributed by atoms with E-state index in [4.69, 9.17) is 0 Å². The van der Waals surface area contributed by atoms with Gasteiger partial charge in [0.15, 0.2) is 0 Å². The number of rotatable bonds is 4. The minimum atomic E-state index is -0.849. The lowest BCUT2D eigenvalue weighted by molar-refractivity contribution is -0.146. The summed E-state index contributed by atoms with van der Waals surface area (Å²) in [6, 6.07) is 13.2. The molecule has 0 spiro atoms. The molecule has 1 aliphatic heterocycles. The van der Waals surface area contributed by atoms with Gasteiger partial charge in [0.05, 0.1) is 11.8 Å². The molecule has 6 nitrogen and oxygen atoms in total. The lowest BCUT2D eigenvalue weighted by Gasteiger charge is -2.22. The topological polar surface area (TPSA) is 71.4 Å². The fourth-order valence-electron chi connectivity index (χ4n) is 5.04. The first-order chi connectivity index (χ1) is 15.0. The molecule has 3 atom stereocenters. The van der Waals surface area contributed by atoms with Crippen LogP contribution >= 0.6 is 0 Å². The predicted octanol–water partition coefficient (Wildman–Crippen LogP) is 4.09. The van der Waals surface area contributed by atoms with Crippen LogP contribution in [0.25, 0.3) is 21.8 Å². The number of amides is 3. The summed E-state index contributed by atoms with van der Waals surface area (Å²) in [5, 5.41) is 5.11. The molecule has 3 amide bonds. The second kappa shape index (κ2) is 7.38. The van der Waals surface area contributed by atoms with Crippen LogP contribution in [0.3, 0.4) is 0 Å². The fourth-order valence-corrected chi connectivity index (χ4v) is 5.04. The summed E-state index contributed by atoms with van der Waals surface area (Å²) in [6.07, 6.45) is 5.03. The minimum Gasteiger partial charge on any atom is -0.341 e. The zero-order valence-electron chi connectivity index (χ0n) is 17.7. The highest BCUT2D eigenvalue weighted by molar-refractivity contribution is 6.12. The Hall–Kier alpha value is -3.41. The number of carbonyl (C=O) groups is 3. The predicted molar refractivity (Wildman–Crippen MR) is 120 cm³/mol. The summed E-state index contributed by atoms with van der Waals surface area (Å²) in [5.41, 5.74) is 2.92. The number of allylic oxidation sites excluding steroid dienone is 2. The van der Waals surface area contributed by atoms with Crippen molar-refractivity contribution in [3.8, 4) is 0 Å². The Kier molecular flexibility index (Phi) is 4.65. The van der Waals surface area contributed by atoms with Gasteiger partial charge >= 0.3 is 0 Å². The van der Waals surface area contributed by atoms with Crippen molar-refractivity contribution < 1.29 is 14.4 Å². The summed E-state index contributed by atoms with van der Waals surface area (Å²) in [6.45, 7) is 4.58. The van der Waals surface area contributed by atoms with Gasteiger partial charge in [0.2, 0.25) is 17.7 Å². The van der Waals surface area contributed by atoms with Crippen molar-refractivity contribution in [2.45, 2.75) is 39.3 Å². The molecule has 2 heterocycles.